The number of methoxy groups -OCH3 is 1. The molecule has 0 unspecified atom stereocenters. The van der Waals surface area contributed by atoms with Crippen molar-refractivity contribution in [1.82, 2.24) is 19.4 Å². The monoisotopic (exact) mass is 846 g/mol. The number of alkyl halides is 1. The number of nitrogens with zero attached hydrogens (tertiary/aromatic N) is 4. The molecule has 3 aliphatic heterocycles. The predicted molar refractivity (Wildman–Crippen MR) is 218 cm³/mol. The lowest BCUT2D eigenvalue weighted by atomic mass is 9.73. The van der Waals surface area contributed by atoms with Gasteiger partial charge in [0, 0.05) is 50.2 Å². The normalized spacial score (nSPS) is 38.5. The number of carbonyl (C=O) groups is 4. The maximum atomic E-state index is 17.0. The number of unbranched alkanes of at least 4 members (excludes halogenated alkanes) is 1. The van der Waals surface area contributed by atoms with E-state index in [2.05, 4.69) is 4.98 Å². The van der Waals surface area contributed by atoms with Gasteiger partial charge in [0.05, 0.1) is 36.4 Å². The number of esters is 1. The number of ether oxygens (including phenoxy) is 5. The maximum absolute atomic E-state index is 17.0. The number of hydrogen-bond donors (Lipinski definition) is 1. The molecule has 0 radical (unpaired) electrons. The van der Waals surface area contributed by atoms with Crippen molar-refractivity contribution in [1.29, 1.82) is 0 Å². The van der Waals surface area contributed by atoms with Crippen LogP contribution in [0.5, 0.6) is 0 Å². The third kappa shape index (κ3) is 9.09. The molecule has 0 spiro atoms. The Labute approximate surface area is 353 Å². The number of aliphatic hydroxyl groups is 1. The first kappa shape index (κ1) is 47.4. The number of fused-ring (bicyclic) bond motifs is 1. The largest absolute Gasteiger partial charge is 0.463 e. The van der Waals surface area contributed by atoms with Gasteiger partial charge in [0.25, 0.3) is 5.67 Å². The van der Waals surface area contributed by atoms with Crippen molar-refractivity contribution in [3.05, 3.63) is 30.9 Å². The number of ketones is 2. The third-order valence-electron chi connectivity index (χ3n) is 13.4. The lowest BCUT2D eigenvalue weighted by Crippen LogP contribution is -2.65. The van der Waals surface area contributed by atoms with E-state index in [9.17, 15) is 24.3 Å². The average molecular weight is 847 g/mol. The molecule has 60 heavy (non-hydrogen) atoms. The summed E-state index contributed by atoms with van der Waals surface area (Å²) >= 11 is 0. The van der Waals surface area contributed by atoms with E-state index >= 15 is 4.39 Å². The van der Waals surface area contributed by atoms with Gasteiger partial charge < -0.3 is 47.6 Å². The number of aliphatic hydroxyl groups excluding tert-OH is 1. The van der Waals surface area contributed by atoms with Gasteiger partial charge in [-0.25, -0.2) is 19.0 Å². The second-order valence-electron chi connectivity index (χ2n) is 17.9. The van der Waals surface area contributed by atoms with E-state index in [1.807, 2.05) is 42.6 Å². The molecule has 0 aromatic carbocycles. The number of hydrogen-bond acceptors (Lipinski definition) is 13. The Balaban J connectivity index is 1.49. The van der Waals surface area contributed by atoms with Crippen LogP contribution in [0.3, 0.4) is 0 Å². The topological polar surface area (TPSA) is 172 Å². The van der Waals surface area contributed by atoms with Crippen LogP contribution in [-0.4, -0.2) is 134 Å². The van der Waals surface area contributed by atoms with E-state index in [0.717, 1.165) is 6.92 Å². The minimum atomic E-state index is -3.19. The fourth-order valence-electron chi connectivity index (χ4n) is 9.83. The van der Waals surface area contributed by atoms with Crippen molar-refractivity contribution < 1.29 is 56.8 Å². The second-order valence-corrected chi connectivity index (χ2v) is 17.9. The summed E-state index contributed by atoms with van der Waals surface area (Å²) in [6.07, 6.45) is 2.08. The highest BCUT2D eigenvalue weighted by atomic mass is 19.1. The fraction of sp³-hybridized carbons (Fsp3) is 0.750. The van der Waals surface area contributed by atoms with Crippen LogP contribution in [0.2, 0.25) is 0 Å². The Morgan fingerprint density at radius 2 is 1.72 bits per heavy atom. The molecule has 1 N–H and O–H groups in total. The molecule has 16 heteroatoms. The van der Waals surface area contributed by atoms with Gasteiger partial charge in [-0.2, -0.15) is 0 Å². The molecule has 3 aliphatic rings. The predicted octanol–water partition coefficient (Wildman–Crippen LogP) is 6.00. The van der Waals surface area contributed by atoms with Crippen LogP contribution in [0.25, 0.3) is 11.5 Å². The Morgan fingerprint density at radius 3 is 2.33 bits per heavy atom. The zero-order chi connectivity index (χ0) is 44.5. The van der Waals surface area contributed by atoms with Gasteiger partial charge in [-0.1, -0.05) is 34.6 Å². The Bertz CT molecular complexity index is 1820. The van der Waals surface area contributed by atoms with Crippen molar-refractivity contribution in [2.75, 3.05) is 27.2 Å². The standard InChI is InChI=1S/C44H67FN4O11/c1-13-33-43(9)35(49(40(54)60-43)20-16-15-19-48-24-30(46-25-48)32-18-17-21-56-32)28(5)34(50)26(3)23-41(7,55-12)38(29(6)36(51)42(8,45)39(53)57-33)59-44(10)37(52)31(47(11)14-2)22-27(4)58-44/h17-18,21,24-29,31,33,35,37-38,52H,13-16,19-20,22-23H2,1-12H3/t26-,27-,28+,29+,31+,33-,35-,37-,38-,41-,42+,43-,44+/m1/s1. The molecule has 0 saturated carbocycles. The lowest BCUT2D eigenvalue weighted by molar-refractivity contribution is -0.354. The summed E-state index contributed by atoms with van der Waals surface area (Å²) in [5.41, 5.74) is -5.57. The van der Waals surface area contributed by atoms with E-state index in [1.54, 1.807) is 60.2 Å². The fourth-order valence-corrected chi connectivity index (χ4v) is 9.83. The number of Topliss-reactive ketones (excluding diaryl/α,β-unsaturated/α-hetero) is 2. The van der Waals surface area contributed by atoms with Crippen molar-refractivity contribution in [3.63, 3.8) is 0 Å². The molecule has 3 saturated heterocycles. The van der Waals surface area contributed by atoms with E-state index in [-0.39, 0.29) is 37.3 Å². The highest BCUT2D eigenvalue weighted by Crippen LogP contribution is 2.45. The molecule has 336 valence electrons. The summed E-state index contributed by atoms with van der Waals surface area (Å²) in [6, 6.07) is 2.31. The molecule has 5 heterocycles. The molecule has 13 atom stereocenters. The van der Waals surface area contributed by atoms with Crippen LogP contribution in [0.4, 0.5) is 9.18 Å². The van der Waals surface area contributed by atoms with Gasteiger partial charge in [0.15, 0.2) is 22.9 Å². The minimum Gasteiger partial charge on any atom is -0.463 e. The van der Waals surface area contributed by atoms with Gasteiger partial charge in [-0.3, -0.25) is 9.59 Å². The molecular weight excluding hydrogens is 779 g/mol. The van der Waals surface area contributed by atoms with E-state index in [4.69, 9.17) is 28.1 Å². The molecule has 0 aliphatic carbocycles. The summed E-state index contributed by atoms with van der Waals surface area (Å²) in [5.74, 6) is -6.89. The van der Waals surface area contributed by atoms with Gasteiger partial charge in [-0.05, 0) is 92.4 Å². The molecule has 1 amide bonds. The number of halogens is 1. The Hall–Kier alpha value is -3.70. The maximum Gasteiger partial charge on any atom is 0.410 e. The number of cyclic esters (lactones) is 1. The van der Waals surface area contributed by atoms with Crippen LogP contribution < -0.4 is 0 Å². The first-order valence-electron chi connectivity index (χ1n) is 21.4. The number of aryl methyl sites for hydroxylation is 1. The first-order valence-corrected chi connectivity index (χ1v) is 21.4. The van der Waals surface area contributed by atoms with Crippen molar-refractivity contribution in [2.24, 2.45) is 17.8 Å². The van der Waals surface area contributed by atoms with E-state index < -0.39 is 82.6 Å². The Morgan fingerprint density at radius 1 is 1.03 bits per heavy atom. The van der Waals surface area contributed by atoms with E-state index in [1.165, 1.54) is 18.9 Å². The van der Waals surface area contributed by atoms with Gasteiger partial charge >= 0.3 is 12.1 Å². The van der Waals surface area contributed by atoms with Crippen LogP contribution in [0, 0.1) is 17.8 Å². The molecule has 5 rings (SSSR count). The molecular formula is C44H67FN4O11. The van der Waals surface area contributed by atoms with Crippen LogP contribution >= 0.6 is 0 Å². The number of furan rings is 1. The molecule has 0 bridgehead atoms. The van der Waals surface area contributed by atoms with Gasteiger partial charge in [0.2, 0.25) is 0 Å². The second kappa shape index (κ2) is 18.3. The first-order chi connectivity index (χ1) is 28.1. The number of likely N-dealkylation sites (N-methyl/N-ethyl adjacent to an activating group) is 1. The zero-order valence-electron chi connectivity index (χ0n) is 37.4. The SMILES string of the molecule is CC[C@H]1OC(=O)[C@@](C)(F)C(=O)[C@H](C)[C@@H](O[C@]2(C)O[C@H](C)C[C@H](N(C)CC)[C@H]2O)[C@](C)(OC)C[C@@H](C)C(=O)[C@H](C)[C@H]2N(CCCCn3cnc(-c4ccco4)c3)C(=O)O[C@]12C. The van der Waals surface area contributed by atoms with Crippen LogP contribution in [0.1, 0.15) is 101 Å². The quantitative estimate of drug-likeness (QED) is 0.150. The zero-order valence-corrected chi connectivity index (χ0v) is 37.4. The highest BCUT2D eigenvalue weighted by Gasteiger charge is 2.62. The summed E-state index contributed by atoms with van der Waals surface area (Å²) in [6.45, 7) is 17.6. The minimum absolute atomic E-state index is 0.0111. The molecule has 3 fully saturated rings. The molecule has 15 nitrogen and oxygen atoms in total. The number of rotatable bonds is 12. The molecule has 2 aromatic rings. The van der Waals surface area contributed by atoms with Crippen LogP contribution in [0.15, 0.2) is 35.3 Å². The summed E-state index contributed by atoms with van der Waals surface area (Å²) in [5, 5.41) is 11.8. The number of amides is 1. The highest BCUT2D eigenvalue weighted by molar-refractivity contribution is 6.08. The van der Waals surface area contributed by atoms with Crippen LogP contribution in [-0.2, 0) is 44.6 Å². The lowest BCUT2D eigenvalue weighted by Gasteiger charge is -2.52. The van der Waals surface area contributed by atoms with E-state index in [0.29, 0.717) is 43.8 Å². The number of carbonyl (C=O) groups excluding carboxylic acids is 4. The molecule has 2 aromatic heterocycles. The van der Waals surface area contributed by atoms with Crippen molar-refractivity contribution >= 4 is 23.6 Å². The van der Waals surface area contributed by atoms with Crippen molar-refractivity contribution in [3.8, 4) is 11.5 Å². The number of imidazole rings is 1. The van der Waals surface area contributed by atoms with Crippen molar-refractivity contribution in [2.45, 2.75) is 167 Å². The third-order valence-corrected chi connectivity index (χ3v) is 13.4. The summed E-state index contributed by atoms with van der Waals surface area (Å²) in [4.78, 5) is 64.9. The van der Waals surface area contributed by atoms with Gasteiger partial charge in [0.1, 0.15) is 23.7 Å². The summed E-state index contributed by atoms with van der Waals surface area (Å²) < 4.78 is 55.5. The number of aromatic nitrogens is 2. The Kier molecular flexibility index (Phi) is 14.5. The average Bonchev–Trinajstić information content (AvgIpc) is 3.97. The summed E-state index contributed by atoms with van der Waals surface area (Å²) in [7, 11) is 3.29. The van der Waals surface area contributed by atoms with Gasteiger partial charge in [-0.15, -0.1) is 0 Å². The smallest absolute Gasteiger partial charge is 0.410 e.